The highest BCUT2D eigenvalue weighted by Gasteiger charge is 2.66. The molecule has 4 aliphatic heterocycles. The molecule has 28 nitrogen and oxygen atoms in total. The van der Waals surface area contributed by atoms with Gasteiger partial charge in [0.05, 0.1) is 26.4 Å². The third kappa shape index (κ3) is 12.2. The van der Waals surface area contributed by atoms with Crippen LogP contribution in [0.4, 0.5) is 4.79 Å². The first kappa shape index (κ1) is 53.3. The van der Waals surface area contributed by atoms with Crippen molar-refractivity contribution in [1.29, 1.82) is 0 Å². The largest absolute Gasteiger partial charge is 0.479 e. The van der Waals surface area contributed by atoms with Gasteiger partial charge in [-0.25, -0.2) is 9.59 Å². The molecule has 4 saturated heterocycles. The fraction of sp³-hybridized carbons (Fsp3) is 0.833. The third-order valence-corrected chi connectivity index (χ3v) is 10.4. The van der Waals surface area contributed by atoms with E-state index in [9.17, 15) is 85.6 Å². The predicted molar refractivity (Wildman–Crippen MR) is 200 cm³/mol. The molecule has 0 aromatic rings. The SMILES string of the molecule is C=CCOC(=O)CNC(=O)[C@H](CO[C@@H]1OC[C@@H](O[C@@H]2O[C@H](CO)[C@H](O)[C@H](O[C@@H]3O[C@H](CO)[C@H](O)[C@@](O)([C@@H]4O[C@H](C(=O)O)[C@@H](O)[C@H](O)[C@H]4O)[C@H]3O)[C@H]2O)[C@H](O)[C@H]1O)NC(=O)OC(C)(C)C. The number of alkyl carbamates (subject to hydrolysis) is 1. The van der Waals surface area contributed by atoms with Crippen molar-refractivity contribution in [3.8, 4) is 0 Å². The van der Waals surface area contributed by atoms with E-state index in [-0.39, 0.29) is 6.61 Å². The molecule has 4 aliphatic rings. The molecule has 0 aromatic heterocycles. The number of carbonyl (C=O) groups is 4. The maximum absolute atomic E-state index is 13.0. The normalized spacial score (nSPS) is 41.0. The summed E-state index contributed by atoms with van der Waals surface area (Å²) in [4.78, 5) is 49.1. The van der Waals surface area contributed by atoms with Crippen molar-refractivity contribution in [2.45, 2.75) is 148 Å². The van der Waals surface area contributed by atoms with Crippen LogP contribution in [0.1, 0.15) is 20.8 Å². The minimum Gasteiger partial charge on any atom is -0.479 e. The Hall–Kier alpha value is -3.34. The number of ether oxygens (including phenoxy) is 9. The summed E-state index contributed by atoms with van der Waals surface area (Å²) in [6.07, 6.45) is -38.2. The number of amides is 2. The Bertz CT molecular complexity index is 1590. The van der Waals surface area contributed by atoms with E-state index in [1.54, 1.807) is 20.8 Å². The molecule has 0 bridgehead atoms. The highest BCUT2D eigenvalue weighted by molar-refractivity contribution is 5.88. The van der Waals surface area contributed by atoms with Crippen LogP contribution in [0.2, 0.25) is 0 Å². The zero-order valence-corrected chi connectivity index (χ0v) is 34.6. The monoisotopic (exact) mass is 934 g/mol. The molecule has 2 amide bonds. The van der Waals surface area contributed by atoms with Crippen LogP contribution in [-0.4, -0.2) is 258 Å². The number of carboxylic acid groups (broad SMARTS) is 1. The minimum atomic E-state index is -3.30. The van der Waals surface area contributed by atoms with Crippen molar-refractivity contribution in [1.82, 2.24) is 10.6 Å². The average molecular weight is 935 g/mol. The van der Waals surface area contributed by atoms with E-state index in [0.717, 1.165) is 0 Å². The lowest BCUT2D eigenvalue weighted by Crippen LogP contribution is -2.78. The number of esters is 1. The Morgan fingerprint density at radius 2 is 1.44 bits per heavy atom. The summed E-state index contributed by atoms with van der Waals surface area (Å²) in [5.41, 5.74) is -4.30. The first-order chi connectivity index (χ1) is 29.9. The topological polar surface area (TPSA) is 438 Å². The molecular weight excluding hydrogens is 876 g/mol. The number of aliphatic hydroxyl groups is 12. The van der Waals surface area contributed by atoms with Gasteiger partial charge in [-0.05, 0) is 20.8 Å². The van der Waals surface area contributed by atoms with Gasteiger partial charge in [0.2, 0.25) is 5.91 Å². The highest BCUT2D eigenvalue weighted by atomic mass is 16.8. The Labute approximate surface area is 363 Å². The van der Waals surface area contributed by atoms with Crippen molar-refractivity contribution in [3.05, 3.63) is 12.7 Å². The highest BCUT2D eigenvalue weighted by Crippen LogP contribution is 2.41. The van der Waals surface area contributed by atoms with Crippen LogP contribution in [0.5, 0.6) is 0 Å². The van der Waals surface area contributed by atoms with E-state index < -0.39 is 185 Å². The van der Waals surface area contributed by atoms with E-state index in [2.05, 4.69) is 17.2 Å². The van der Waals surface area contributed by atoms with Crippen LogP contribution in [0.15, 0.2) is 12.7 Å². The number of nitrogens with one attached hydrogen (secondary N) is 2. The van der Waals surface area contributed by atoms with Gasteiger partial charge in [-0.1, -0.05) is 12.7 Å². The van der Waals surface area contributed by atoms with E-state index >= 15 is 0 Å². The van der Waals surface area contributed by atoms with Gasteiger partial charge >= 0.3 is 18.0 Å². The maximum atomic E-state index is 13.0. The zero-order valence-electron chi connectivity index (χ0n) is 34.6. The lowest BCUT2D eigenvalue weighted by Gasteiger charge is -2.55. The Morgan fingerprint density at radius 3 is 2.03 bits per heavy atom. The maximum Gasteiger partial charge on any atom is 0.408 e. The van der Waals surface area contributed by atoms with Crippen molar-refractivity contribution in [2.75, 3.05) is 39.6 Å². The molecule has 15 N–H and O–H groups in total. The molecule has 0 saturated carbocycles. The summed E-state index contributed by atoms with van der Waals surface area (Å²) < 4.78 is 48.3. The van der Waals surface area contributed by atoms with Gasteiger partial charge in [0.15, 0.2) is 30.6 Å². The number of hydrogen-bond donors (Lipinski definition) is 15. The molecule has 368 valence electrons. The number of aliphatic hydroxyl groups excluding tert-OH is 11. The van der Waals surface area contributed by atoms with Crippen molar-refractivity contribution in [2.24, 2.45) is 0 Å². The van der Waals surface area contributed by atoms with Crippen LogP contribution in [0.3, 0.4) is 0 Å². The Kier molecular flexibility index (Phi) is 18.7. The first-order valence-corrected chi connectivity index (χ1v) is 19.7. The van der Waals surface area contributed by atoms with Gasteiger partial charge in [0.1, 0.15) is 110 Å². The molecule has 4 rings (SSSR count). The Morgan fingerprint density at radius 1 is 0.797 bits per heavy atom. The zero-order chi connectivity index (χ0) is 48.0. The minimum absolute atomic E-state index is 0.142. The number of carboxylic acids is 1. The lowest BCUT2D eigenvalue weighted by molar-refractivity contribution is -0.398. The second kappa shape index (κ2) is 22.4. The standard InChI is InChI=1S/C36H58N2O26/c1-5-6-56-16(41)7-37-29(51)12(38-34(54)64-35(2,3)4)10-57-31-22(47)17(42)15(11-58-31)61-32-23(48)24(18(43)13(8-39)59-32)63-33-27(50)36(55,26(49)14(9-40)60-33)28-21(46)19(44)20(45)25(62-28)30(52)53/h5,12-15,17-28,31-33,39-40,42-50,55H,1,6-11H2,2-4H3,(H,37,51)(H,38,54)(H,52,53)/t12-,13+,14+,15+,17-,18-,19-,20-,21+,22+,23+,24-,25-,26-,27-,28+,31+,32-,33-,36-/m0/s1. The van der Waals surface area contributed by atoms with Crippen molar-refractivity contribution < 1.29 is 128 Å². The molecular formula is C36H58N2O26. The molecule has 0 spiro atoms. The summed E-state index contributed by atoms with van der Waals surface area (Å²) in [7, 11) is 0. The van der Waals surface area contributed by atoms with Gasteiger partial charge < -0.3 is 120 Å². The summed E-state index contributed by atoms with van der Waals surface area (Å²) in [6.45, 7) is 3.71. The molecule has 28 heteroatoms. The number of carbonyl (C=O) groups excluding carboxylic acids is 3. The first-order valence-electron chi connectivity index (χ1n) is 19.7. The molecule has 0 radical (unpaired) electrons. The number of rotatable bonds is 17. The van der Waals surface area contributed by atoms with E-state index in [1.165, 1.54) is 6.08 Å². The third-order valence-electron chi connectivity index (χ3n) is 10.4. The van der Waals surface area contributed by atoms with Crippen LogP contribution >= 0.6 is 0 Å². The van der Waals surface area contributed by atoms with Gasteiger partial charge in [0, 0.05) is 0 Å². The van der Waals surface area contributed by atoms with Crippen molar-refractivity contribution >= 4 is 23.9 Å². The molecule has 4 fully saturated rings. The van der Waals surface area contributed by atoms with Crippen molar-refractivity contribution in [3.63, 3.8) is 0 Å². The van der Waals surface area contributed by atoms with Crippen LogP contribution < -0.4 is 10.6 Å². The molecule has 64 heavy (non-hydrogen) atoms. The fourth-order valence-corrected chi connectivity index (χ4v) is 7.06. The number of aliphatic carboxylic acids is 1. The smallest absolute Gasteiger partial charge is 0.408 e. The van der Waals surface area contributed by atoms with E-state index in [0.29, 0.717) is 0 Å². The van der Waals surface area contributed by atoms with E-state index in [4.69, 9.17) is 42.6 Å². The van der Waals surface area contributed by atoms with Gasteiger partial charge in [-0.2, -0.15) is 0 Å². The average Bonchev–Trinajstić information content (AvgIpc) is 3.23. The fourth-order valence-electron chi connectivity index (χ4n) is 7.06. The second-order valence-corrected chi connectivity index (χ2v) is 16.2. The second-order valence-electron chi connectivity index (χ2n) is 16.2. The summed E-state index contributed by atoms with van der Waals surface area (Å²) in [5.74, 6) is -3.70. The van der Waals surface area contributed by atoms with Gasteiger partial charge in [-0.3, -0.25) is 9.59 Å². The summed E-state index contributed by atoms with van der Waals surface area (Å²) >= 11 is 0. The molecule has 0 unspecified atom stereocenters. The molecule has 0 aromatic carbocycles. The Balaban J connectivity index is 1.47. The number of hydrogen-bond acceptors (Lipinski definition) is 25. The van der Waals surface area contributed by atoms with Gasteiger partial charge in [-0.15, -0.1) is 0 Å². The van der Waals surface area contributed by atoms with Gasteiger partial charge in [0.25, 0.3) is 0 Å². The van der Waals surface area contributed by atoms with Crippen LogP contribution in [0.25, 0.3) is 0 Å². The summed E-state index contributed by atoms with van der Waals surface area (Å²) in [6, 6.07) is -1.58. The van der Waals surface area contributed by atoms with E-state index in [1.807, 2.05) is 0 Å². The lowest BCUT2D eigenvalue weighted by atomic mass is 9.74. The van der Waals surface area contributed by atoms with Crippen LogP contribution in [0, 0.1) is 0 Å². The quantitative estimate of drug-likeness (QED) is 0.0476. The van der Waals surface area contributed by atoms with Crippen LogP contribution in [-0.2, 0) is 57.0 Å². The summed E-state index contributed by atoms with van der Waals surface area (Å²) in [5, 5.41) is 144. The molecule has 4 heterocycles. The predicted octanol–water partition coefficient (Wildman–Crippen LogP) is -8.87. The molecule has 0 aliphatic carbocycles. The molecule has 20 atom stereocenters.